The second-order valence-corrected chi connectivity index (χ2v) is 9.58. The molecule has 1 aliphatic carbocycles. The quantitative estimate of drug-likeness (QED) is 0.356. The zero-order chi connectivity index (χ0) is 26.8. The Morgan fingerprint density at radius 1 is 0.974 bits per heavy atom. The zero-order valence-electron chi connectivity index (χ0n) is 21.3. The number of rotatable bonds is 6. The van der Waals surface area contributed by atoms with E-state index in [0.29, 0.717) is 5.75 Å². The summed E-state index contributed by atoms with van der Waals surface area (Å²) < 4.78 is 5.66. The molecule has 39 heavy (non-hydrogen) atoms. The summed E-state index contributed by atoms with van der Waals surface area (Å²) in [5.74, 6) is -0.380. The highest BCUT2D eigenvalue weighted by atomic mass is 16.5. The van der Waals surface area contributed by atoms with Crippen LogP contribution in [0.5, 0.6) is 5.75 Å². The van der Waals surface area contributed by atoms with Gasteiger partial charge in [0.1, 0.15) is 11.5 Å². The molecule has 7 nitrogen and oxygen atoms in total. The number of carbonyl (C=O) groups is 2. The van der Waals surface area contributed by atoms with Crippen LogP contribution in [0, 0.1) is 12.8 Å². The van der Waals surface area contributed by atoms with Gasteiger partial charge in [-0.2, -0.15) is 5.10 Å². The molecule has 1 saturated heterocycles. The normalized spacial score (nSPS) is 18.7. The van der Waals surface area contributed by atoms with Gasteiger partial charge in [-0.25, -0.2) is 10.4 Å². The zero-order valence-corrected chi connectivity index (χ0v) is 21.3. The Morgan fingerprint density at radius 2 is 1.77 bits per heavy atom. The molecule has 6 rings (SSSR count). The molecule has 3 aromatic carbocycles. The number of nitrogens with one attached hydrogen (secondary N) is 2. The van der Waals surface area contributed by atoms with E-state index in [1.165, 1.54) is 5.56 Å². The van der Waals surface area contributed by atoms with E-state index in [9.17, 15) is 9.59 Å². The Kier molecular flexibility index (Phi) is 6.47. The molecule has 2 heterocycles. The van der Waals surface area contributed by atoms with Gasteiger partial charge in [-0.1, -0.05) is 66.3 Å². The lowest BCUT2D eigenvalue weighted by Gasteiger charge is -2.13. The molecule has 2 amide bonds. The van der Waals surface area contributed by atoms with Crippen molar-refractivity contribution in [2.45, 2.75) is 13.0 Å². The van der Waals surface area contributed by atoms with Gasteiger partial charge in [-0.3, -0.25) is 9.59 Å². The van der Waals surface area contributed by atoms with E-state index in [4.69, 9.17) is 9.72 Å². The number of aromatic nitrogens is 1. The fraction of sp³-hybridized carbons (Fsp3) is 0.125. The topological polar surface area (TPSA) is 92.7 Å². The molecule has 7 heteroatoms. The second-order valence-electron chi connectivity index (χ2n) is 9.58. The molecule has 1 aliphatic heterocycles. The number of hydrogen-bond acceptors (Lipinski definition) is 5. The largest absolute Gasteiger partial charge is 0.484 e. The Morgan fingerprint density at radius 3 is 2.59 bits per heavy atom. The van der Waals surface area contributed by atoms with Crippen molar-refractivity contribution < 1.29 is 14.3 Å². The molecular weight excluding hydrogens is 488 g/mol. The summed E-state index contributed by atoms with van der Waals surface area (Å²) in [6.07, 6.45) is 7.53. The van der Waals surface area contributed by atoms with Crippen molar-refractivity contribution in [3.05, 3.63) is 109 Å². The van der Waals surface area contributed by atoms with Crippen molar-refractivity contribution in [2.24, 2.45) is 11.0 Å². The van der Waals surface area contributed by atoms with Gasteiger partial charge < -0.3 is 10.1 Å². The highest BCUT2D eigenvalue weighted by molar-refractivity contribution is 6.42. The van der Waals surface area contributed by atoms with Crippen LogP contribution in [0.4, 0.5) is 0 Å². The molecule has 0 spiro atoms. The summed E-state index contributed by atoms with van der Waals surface area (Å²) >= 11 is 0. The summed E-state index contributed by atoms with van der Waals surface area (Å²) in [5, 5.41) is 8.00. The summed E-state index contributed by atoms with van der Waals surface area (Å²) in [6, 6.07) is 26.0. The van der Waals surface area contributed by atoms with Gasteiger partial charge in [0.15, 0.2) is 6.61 Å². The van der Waals surface area contributed by atoms with Gasteiger partial charge in [0.25, 0.3) is 11.8 Å². The number of aryl methyl sites for hydroxylation is 1. The molecule has 2 unspecified atom stereocenters. The smallest absolute Gasteiger partial charge is 0.277 e. The number of hydrazone groups is 1. The number of nitrogens with zero attached hydrogens (tertiary/aromatic N) is 2. The number of benzene rings is 3. The molecule has 2 atom stereocenters. The Hall–Kier alpha value is -5.04. The van der Waals surface area contributed by atoms with Gasteiger partial charge >= 0.3 is 0 Å². The minimum absolute atomic E-state index is 0.127. The first-order valence-electron chi connectivity index (χ1n) is 12.8. The van der Waals surface area contributed by atoms with Crippen molar-refractivity contribution in [3.8, 4) is 28.1 Å². The number of pyridine rings is 1. The minimum Gasteiger partial charge on any atom is -0.484 e. The number of hydrogen-bond donors (Lipinski definition) is 2. The highest BCUT2D eigenvalue weighted by Gasteiger charge is 2.37. The van der Waals surface area contributed by atoms with E-state index in [2.05, 4.69) is 59.2 Å². The summed E-state index contributed by atoms with van der Waals surface area (Å²) in [6.45, 7) is 1.85. The SMILES string of the molecule is Cc1ccc2nc(-c3ccc(OCC(=O)NN=C4C(=O)NC5C=CC=CC45)cc3)cc(-c3ccccc3)c2c1. The Balaban J connectivity index is 1.16. The van der Waals surface area contributed by atoms with Crippen LogP contribution in [0.3, 0.4) is 0 Å². The first-order valence-corrected chi connectivity index (χ1v) is 12.8. The standard InChI is InChI=1S/C32H26N4O3/c1-20-11-16-28-26(17-20)25(21-7-3-2-4-8-21)18-29(33-28)22-12-14-23(15-13-22)39-19-30(37)35-36-31-24-9-5-6-10-27(24)34-32(31)38/h2-18,24,27H,19H2,1H3,(H,34,38)(H,35,37). The maximum Gasteiger partial charge on any atom is 0.277 e. The van der Waals surface area contributed by atoms with Crippen LogP contribution in [0.1, 0.15) is 5.56 Å². The first-order chi connectivity index (χ1) is 19.0. The average Bonchev–Trinajstić information content (AvgIpc) is 3.29. The third-order valence-corrected chi connectivity index (χ3v) is 6.85. The van der Waals surface area contributed by atoms with E-state index < -0.39 is 5.91 Å². The number of carbonyl (C=O) groups excluding carboxylic acids is 2. The van der Waals surface area contributed by atoms with Crippen molar-refractivity contribution in [2.75, 3.05) is 6.61 Å². The van der Waals surface area contributed by atoms with Crippen molar-refractivity contribution in [1.29, 1.82) is 0 Å². The van der Waals surface area contributed by atoms with E-state index in [1.807, 2.05) is 66.8 Å². The molecule has 0 saturated carbocycles. The lowest BCUT2D eigenvalue weighted by atomic mass is 9.95. The van der Waals surface area contributed by atoms with Crippen LogP contribution >= 0.6 is 0 Å². The summed E-state index contributed by atoms with van der Waals surface area (Å²) in [7, 11) is 0. The molecule has 4 aromatic rings. The van der Waals surface area contributed by atoms with Crippen molar-refractivity contribution in [3.63, 3.8) is 0 Å². The molecule has 2 aliphatic rings. The average molecular weight is 515 g/mol. The molecule has 1 fully saturated rings. The maximum atomic E-state index is 12.3. The fourth-order valence-electron chi connectivity index (χ4n) is 4.88. The van der Waals surface area contributed by atoms with E-state index in [0.717, 1.165) is 33.3 Å². The van der Waals surface area contributed by atoms with Crippen LogP contribution in [-0.2, 0) is 9.59 Å². The van der Waals surface area contributed by atoms with E-state index >= 15 is 0 Å². The number of amides is 2. The van der Waals surface area contributed by atoms with Crippen molar-refractivity contribution >= 4 is 28.4 Å². The van der Waals surface area contributed by atoms with E-state index in [1.54, 1.807) is 0 Å². The van der Waals surface area contributed by atoms with Crippen LogP contribution in [0.2, 0.25) is 0 Å². The molecule has 2 N–H and O–H groups in total. The molecule has 0 radical (unpaired) electrons. The lowest BCUT2D eigenvalue weighted by molar-refractivity contribution is -0.123. The predicted octanol–water partition coefficient (Wildman–Crippen LogP) is 4.97. The molecule has 1 aromatic heterocycles. The predicted molar refractivity (Wildman–Crippen MR) is 152 cm³/mol. The molecule has 0 bridgehead atoms. The maximum absolute atomic E-state index is 12.3. The Labute approximate surface area is 225 Å². The van der Waals surface area contributed by atoms with Gasteiger partial charge in [0.05, 0.1) is 23.2 Å². The van der Waals surface area contributed by atoms with Crippen LogP contribution in [0.15, 0.2) is 108 Å². The van der Waals surface area contributed by atoms with Gasteiger partial charge in [-0.15, -0.1) is 0 Å². The highest BCUT2D eigenvalue weighted by Crippen LogP contribution is 2.33. The van der Waals surface area contributed by atoms with Gasteiger partial charge in [0.2, 0.25) is 0 Å². The van der Waals surface area contributed by atoms with Gasteiger partial charge in [-0.05, 0) is 60.5 Å². The number of fused-ring (bicyclic) bond motifs is 2. The first kappa shape index (κ1) is 24.3. The summed E-state index contributed by atoms with van der Waals surface area (Å²) in [4.78, 5) is 29.4. The van der Waals surface area contributed by atoms with Crippen LogP contribution < -0.4 is 15.5 Å². The number of allylic oxidation sites excluding steroid dienone is 2. The third-order valence-electron chi connectivity index (χ3n) is 6.85. The second kappa shape index (κ2) is 10.4. The van der Waals surface area contributed by atoms with Gasteiger partial charge in [0, 0.05) is 10.9 Å². The van der Waals surface area contributed by atoms with Crippen molar-refractivity contribution in [1.82, 2.24) is 15.7 Å². The monoisotopic (exact) mass is 514 g/mol. The molecule has 192 valence electrons. The molecular formula is C32H26N4O3. The van der Waals surface area contributed by atoms with Crippen LogP contribution in [0.25, 0.3) is 33.3 Å². The summed E-state index contributed by atoms with van der Waals surface area (Å²) in [5.41, 5.74) is 8.88. The lowest BCUT2D eigenvalue weighted by Crippen LogP contribution is -2.29. The van der Waals surface area contributed by atoms with E-state index in [-0.39, 0.29) is 30.2 Å². The third kappa shape index (κ3) is 5.07. The fourth-order valence-corrected chi connectivity index (χ4v) is 4.88. The Bertz CT molecular complexity index is 1660. The van der Waals surface area contributed by atoms with Crippen LogP contribution in [-0.4, -0.2) is 35.2 Å². The number of ether oxygens (including phenoxy) is 1. The minimum atomic E-state index is -0.447.